The lowest BCUT2D eigenvalue weighted by molar-refractivity contribution is 0.337. The van der Waals surface area contributed by atoms with Crippen LogP contribution in [0, 0.1) is 11.6 Å². The third-order valence-electron chi connectivity index (χ3n) is 3.22. The second-order valence-electron chi connectivity index (χ2n) is 4.69. The average molecular weight is 255 g/mol. The van der Waals surface area contributed by atoms with Crippen LogP contribution in [0.1, 0.15) is 19.3 Å². The van der Waals surface area contributed by atoms with Crippen LogP contribution in [0.2, 0.25) is 0 Å². The van der Waals surface area contributed by atoms with Crippen LogP contribution in [-0.4, -0.2) is 31.1 Å². The molecule has 2 rings (SSSR count). The zero-order chi connectivity index (χ0) is 13.0. The van der Waals surface area contributed by atoms with E-state index in [0.29, 0.717) is 6.54 Å². The van der Waals surface area contributed by atoms with E-state index in [2.05, 4.69) is 10.2 Å². The van der Waals surface area contributed by atoms with Crippen LogP contribution in [-0.2, 0) is 0 Å². The fraction of sp³-hybridized carbons (Fsp3) is 0.538. The van der Waals surface area contributed by atoms with Gasteiger partial charge in [-0.1, -0.05) is 0 Å². The zero-order valence-electron chi connectivity index (χ0n) is 10.4. The molecule has 1 saturated heterocycles. The number of anilines is 2. The molecule has 18 heavy (non-hydrogen) atoms. The van der Waals surface area contributed by atoms with E-state index in [-0.39, 0.29) is 11.4 Å². The molecule has 3 nitrogen and oxygen atoms in total. The maximum atomic E-state index is 13.4. The lowest BCUT2D eigenvalue weighted by Crippen LogP contribution is -2.22. The molecular weight excluding hydrogens is 236 g/mol. The SMILES string of the molecule is Nc1cc(F)c(NCCCN2CCCC2)c(F)c1. The summed E-state index contributed by atoms with van der Waals surface area (Å²) in [6.07, 6.45) is 3.40. The molecule has 5 heteroatoms. The van der Waals surface area contributed by atoms with Crippen molar-refractivity contribution in [3.05, 3.63) is 23.8 Å². The van der Waals surface area contributed by atoms with Crippen molar-refractivity contribution < 1.29 is 8.78 Å². The molecule has 1 aromatic carbocycles. The van der Waals surface area contributed by atoms with Crippen LogP contribution in [0.4, 0.5) is 20.2 Å². The van der Waals surface area contributed by atoms with Crippen LogP contribution in [0.3, 0.4) is 0 Å². The maximum Gasteiger partial charge on any atom is 0.151 e. The van der Waals surface area contributed by atoms with Crippen LogP contribution < -0.4 is 11.1 Å². The molecule has 3 N–H and O–H groups in total. The molecule has 0 bridgehead atoms. The predicted octanol–water partition coefficient (Wildman–Crippen LogP) is 2.44. The molecule has 100 valence electrons. The van der Waals surface area contributed by atoms with E-state index in [4.69, 9.17) is 5.73 Å². The summed E-state index contributed by atoms with van der Waals surface area (Å²) in [5.74, 6) is -1.26. The first-order chi connectivity index (χ1) is 8.66. The van der Waals surface area contributed by atoms with E-state index in [1.165, 1.54) is 12.8 Å². The van der Waals surface area contributed by atoms with Crippen LogP contribution in [0.25, 0.3) is 0 Å². The minimum absolute atomic E-state index is 0.0781. The molecule has 1 aromatic rings. The molecule has 0 aliphatic carbocycles. The van der Waals surface area contributed by atoms with Gasteiger partial charge in [0.05, 0.1) is 0 Å². The largest absolute Gasteiger partial charge is 0.399 e. The zero-order valence-corrected chi connectivity index (χ0v) is 10.4. The van der Waals surface area contributed by atoms with Crippen molar-refractivity contribution in [1.29, 1.82) is 0 Å². The number of nitrogens with one attached hydrogen (secondary N) is 1. The highest BCUT2D eigenvalue weighted by Gasteiger charge is 2.12. The summed E-state index contributed by atoms with van der Waals surface area (Å²) in [4.78, 5) is 2.37. The average Bonchev–Trinajstić information content (AvgIpc) is 2.79. The Kier molecular flexibility index (Phi) is 4.36. The molecule has 0 aromatic heterocycles. The van der Waals surface area contributed by atoms with Gasteiger partial charge < -0.3 is 16.0 Å². The number of benzene rings is 1. The van der Waals surface area contributed by atoms with Gasteiger partial charge in [0.2, 0.25) is 0 Å². The van der Waals surface area contributed by atoms with Crippen molar-refractivity contribution in [3.63, 3.8) is 0 Å². The highest BCUT2D eigenvalue weighted by atomic mass is 19.1. The van der Waals surface area contributed by atoms with Gasteiger partial charge in [0.15, 0.2) is 11.6 Å². The number of nitrogens with zero attached hydrogens (tertiary/aromatic N) is 1. The summed E-state index contributed by atoms with van der Waals surface area (Å²) in [6, 6.07) is 2.26. The molecule has 1 fully saturated rings. The van der Waals surface area contributed by atoms with Gasteiger partial charge in [0.25, 0.3) is 0 Å². The summed E-state index contributed by atoms with van der Waals surface area (Å²) in [7, 11) is 0. The van der Waals surface area contributed by atoms with Crippen molar-refractivity contribution in [2.24, 2.45) is 0 Å². The second kappa shape index (κ2) is 6.00. The monoisotopic (exact) mass is 255 g/mol. The quantitative estimate of drug-likeness (QED) is 0.627. The van der Waals surface area contributed by atoms with Gasteiger partial charge in [-0.15, -0.1) is 0 Å². The highest BCUT2D eigenvalue weighted by Crippen LogP contribution is 2.21. The highest BCUT2D eigenvalue weighted by molar-refractivity contribution is 5.53. The Balaban J connectivity index is 1.79. The van der Waals surface area contributed by atoms with E-state index >= 15 is 0 Å². The van der Waals surface area contributed by atoms with Crippen LogP contribution in [0.15, 0.2) is 12.1 Å². The Labute approximate surface area is 106 Å². The van der Waals surface area contributed by atoms with Gasteiger partial charge in [-0.25, -0.2) is 8.78 Å². The Morgan fingerprint density at radius 3 is 2.39 bits per heavy atom. The molecule has 0 amide bonds. The number of hydrogen-bond donors (Lipinski definition) is 2. The third-order valence-corrected chi connectivity index (χ3v) is 3.22. The van der Waals surface area contributed by atoms with E-state index in [1.54, 1.807) is 0 Å². The smallest absolute Gasteiger partial charge is 0.151 e. The normalized spacial score (nSPS) is 16.1. The van der Waals surface area contributed by atoms with Crippen molar-refractivity contribution >= 4 is 11.4 Å². The lowest BCUT2D eigenvalue weighted by Gasteiger charge is -2.15. The number of nitrogen functional groups attached to an aromatic ring is 1. The standard InChI is InChI=1S/C13H19F2N3/c14-11-8-10(16)9-12(15)13(11)17-4-3-7-18-5-1-2-6-18/h8-9,17H,1-7,16H2. The maximum absolute atomic E-state index is 13.4. The third kappa shape index (κ3) is 3.32. The minimum Gasteiger partial charge on any atom is -0.399 e. The summed E-state index contributed by atoms with van der Waals surface area (Å²) in [5, 5.41) is 2.80. The van der Waals surface area contributed by atoms with Gasteiger partial charge in [-0.2, -0.15) is 0 Å². The molecule has 0 unspecified atom stereocenters. The first-order valence-corrected chi connectivity index (χ1v) is 6.37. The Bertz CT molecular complexity index is 380. The van der Waals surface area contributed by atoms with Gasteiger partial charge in [0.1, 0.15) is 5.69 Å². The Hall–Kier alpha value is -1.36. The predicted molar refractivity (Wildman–Crippen MR) is 69.6 cm³/mol. The minimum atomic E-state index is -0.631. The van der Waals surface area contributed by atoms with Crippen molar-refractivity contribution in [3.8, 4) is 0 Å². The number of nitrogens with two attached hydrogens (primary N) is 1. The number of likely N-dealkylation sites (tertiary alicyclic amines) is 1. The van der Waals surface area contributed by atoms with E-state index in [9.17, 15) is 8.78 Å². The summed E-state index contributed by atoms with van der Waals surface area (Å²) >= 11 is 0. The molecule has 0 saturated carbocycles. The fourth-order valence-corrected chi connectivity index (χ4v) is 2.28. The molecule has 0 radical (unpaired) electrons. The Morgan fingerprint density at radius 1 is 1.17 bits per heavy atom. The Morgan fingerprint density at radius 2 is 1.78 bits per heavy atom. The van der Waals surface area contributed by atoms with Crippen molar-refractivity contribution in [2.45, 2.75) is 19.3 Å². The molecule has 0 atom stereocenters. The van der Waals surface area contributed by atoms with Gasteiger partial charge in [-0.05, 0) is 51.0 Å². The summed E-state index contributed by atoms with van der Waals surface area (Å²) in [5.41, 5.74) is 5.38. The number of halogens is 2. The van der Waals surface area contributed by atoms with E-state index in [0.717, 1.165) is 38.2 Å². The summed E-state index contributed by atoms with van der Waals surface area (Å²) in [6.45, 7) is 3.83. The van der Waals surface area contributed by atoms with E-state index < -0.39 is 11.6 Å². The molecule has 1 aliphatic heterocycles. The molecule has 1 aliphatic rings. The van der Waals surface area contributed by atoms with Crippen LogP contribution >= 0.6 is 0 Å². The first kappa shape index (κ1) is 13.1. The molecular formula is C13H19F2N3. The molecule has 1 heterocycles. The lowest BCUT2D eigenvalue weighted by atomic mass is 10.2. The molecule has 0 spiro atoms. The second-order valence-corrected chi connectivity index (χ2v) is 4.69. The first-order valence-electron chi connectivity index (χ1n) is 6.37. The van der Waals surface area contributed by atoms with Gasteiger partial charge in [0, 0.05) is 12.2 Å². The summed E-state index contributed by atoms with van der Waals surface area (Å²) < 4.78 is 26.9. The van der Waals surface area contributed by atoms with Gasteiger partial charge >= 0.3 is 0 Å². The number of hydrogen-bond acceptors (Lipinski definition) is 3. The fourth-order valence-electron chi connectivity index (χ4n) is 2.28. The van der Waals surface area contributed by atoms with Crippen molar-refractivity contribution in [2.75, 3.05) is 37.2 Å². The topological polar surface area (TPSA) is 41.3 Å². The van der Waals surface area contributed by atoms with E-state index in [1.807, 2.05) is 0 Å². The van der Waals surface area contributed by atoms with Gasteiger partial charge in [-0.3, -0.25) is 0 Å². The number of rotatable bonds is 5. The van der Waals surface area contributed by atoms with Crippen LogP contribution in [0.5, 0.6) is 0 Å². The van der Waals surface area contributed by atoms with Crippen molar-refractivity contribution in [1.82, 2.24) is 4.90 Å².